The Morgan fingerprint density at radius 3 is 1.27 bits per heavy atom. The summed E-state index contributed by atoms with van der Waals surface area (Å²) in [6.07, 6.45) is 1.44. The molecular weight excluding hydrogens is 657 g/mol. The van der Waals surface area contributed by atoms with E-state index in [1.165, 1.54) is 0 Å². The van der Waals surface area contributed by atoms with Gasteiger partial charge in [-0.2, -0.15) is 0 Å². The van der Waals surface area contributed by atoms with Crippen molar-refractivity contribution >= 4 is 9.84 Å². The highest BCUT2D eigenvalue weighted by molar-refractivity contribution is 7.91. The molecule has 0 radical (unpaired) electrons. The van der Waals surface area contributed by atoms with Gasteiger partial charge in [0.15, 0.2) is 0 Å². The van der Waals surface area contributed by atoms with Crippen LogP contribution < -0.4 is 9.47 Å². The number of aliphatic hydroxyl groups is 1. The molecule has 0 aromatic heterocycles. The highest BCUT2D eigenvalue weighted by atomic mass is 32.2. The SMILES string of the molecule is CCC(CC)(Oc1ccc(S(=O)(=O)c2ccc(Oc3ccc(-c4ccc(C(C)(C)O)cc4)cc3)cc2)cc1)c1ccc(-c2ccc(O)cc2)cc1. The maximum Gasteiger partial charge on any atom is 0.206 e. The smallest absolute Gasteiger partial charge is 0.206 e. The van der Waals surface area contributed by atoms with Crippen molar-refractivity contribution in [3.63, 3.8) is 0 Å². The molecule has 6 aromatic carbocycles. The van der Waals surface area contributed by atoms with E-state index in [1.54, 1.807) is 74.5 Å². The second-order valence-electron chi connectivity index (χ2n) is 13.1. The van der Waals surface area contributed by atoms with Crippen LogP contribution in [0.4, 0.5) is 0 Å². The van der Waals surface area contributed by atoms with Gasteiger partial charge >= 0.3 is 0 Å². The molecule has 0 saturated heterocycles. The van der Waals surface area contributed by atoms with E-state index in [0.717, 1.165) is 46.2 Å². The number of aromatic hydroxyl groups is 1. The van der Waals surface area contributed by atoms with Crippen LogP contribution in [0, 0.1) is 0 Å². The number of phenols is 1. The summed E-state index contributed by atoms with van der Waals surface area (Å²) in [5.74, 6) is 1.96. The number of hydrogen-bond donors (Lipinski definition) is 2. The summed E-state index contributed by atoms with van der Waals surface area (Å²) < 4.78 is 39.7. The molecule has 0 bridgehead atoms. The summed E-state index contributed by atoms with van der Waals surface area (Å²) in [5, 5.41) is 19.8. The van der Waals surface area contributed by atoms with Crippen molar-refractivity contribution in [2.45, 2.75) is 61.5 Å². The molecule has 0 saturated carbocycles. The van der Waals surface area contributed by atoms with Crippen LogP contribution in [0.5, 0.6) is 23.0 Å². The van der Waals surface area contributed by atoms with E-state index in [-0.39, 0.29) is 15.5 Å². The van der Waals surface area contributed by atoms with Crippen molar-refractivity contribution in [2.24, 2.45) is 0 Å². The van der Waals surface area contributed by atoms with Gasteiger partial charge in [-0.1, -0.05) is 86.6 Å². The summed E-state index contributed by atoms with van der Waals surface area (Å²) in [6, 6.07) is 43.8. The Labute approximate surface area is 300 Å². The lowest BCUT2D eigenvalue weighted by Crippen LogP contribution is -2.31. The van der Waals surface area contributed by atoms with Gasteiger partial charge in [0.25, 0.3) is 0 Å². The van der Waals surface area contributed by atoms with E-state index in [2.05, 4.69) is 26.0 Å². The minimum atomic E-state index is -3.78. The van der Waals surface area contributed by atoms with Gasteiger partial charge in [-0.05, 0) is 133 Å². The molecule has 0 aliphatic carbocycles. The van der Waals surface area contributed by atoms with Gasteiger partial charge < -0.3 is 19.7 Å². The zero-order valence-electron chi connectivity index (χ0n) is 29.2. The Kier molecular flexibility index (Phi) is 10.1. The second-order valence-corrected chi connectivity index (χ2v) is 15.1. The van der Waals surface area contributed by atoms with E-state index in [4.69, 9.17) is 9.47 Å². The first-order valence-corrected chi connectivity index (χ1v) is 18.5. The van der Waals surface area contributed by atoms with Crippen molar-refractivity contribution in [3.8, 4) is 45.3 Å². The molecule has 260 valence electrons. The minimum absolute atomic E-state index is 0.165. The average Bonchev–Trinajstić information content (AvgIpc) is 3.15. The van der Waals surface area contributed by atoms with Gasteiger partial charge in [0.1, 0.15) is 28.6 Å². The lowest BCUT2D eigenvalue weighted by molar-refractivity contribution is 0.0573. The topological polar surface area (TPSA) is 93.1 Å². The first kappa shape index (κ1) is 35.5. The number of hydrogen-bond acceptors (Lipinski definition) is 6. The standard InChI is InChI=1S/C44H42O6S/c1-5-44(6-2,36-17-9-32(10-18-36)33-11-19-37(45)20-12-33)50-40-25-29-42(30-26-40)51(47,48)41-27-23-39(24-28-41)49-38-21-13-34(14-22-38)31-7-15-35(16-8-31)43(3,4)46/h7-30,45-46H,5-6H2,1-4H3. The molecule has 0 heterocycles. The Hall–Kier alpha value is -5.37. The number of rotatable bonds is 12. The third kappa shape index (κ3) is 7.85. The first-order valence-electron chi connectivity index (χ1n) is 17.1. The largest absolute Gasteiger partial charge is 0.508 e. The van der Waals surface area contributed by atoms with Gasteiger partial charge in [-0.15, -0.1) is 0 Å². The summed E-state index contributed by atoms with van der Waals surface area (Å²) in [6.45, 7) is 7.68. The van der Waals surface area contributed by atoms with Crippen molar-refractivity contribution in [3.05, 3.63) is 157 Å². The molecule has 0 aliphatic heterocycles. The minimum Gasteiger partial charge on any atom is -0.508 e. The predicted octanol–water partition coefficient (Wildman–Crippen LogP) is 10.7. The van der Waals surface area contributed by atoms with Gasteiger partial charge in [0.05, 0.1) is 15.4 Å². The van der Waals surface area contributed by atoms with E-state index >= 15 is 0 Å². The molecule has 2 N–H and O–H groups in total. The van der Waals surface area contributed by atoms with Crippen LogP contribution in [0.3, 0.4) is 0 Å². The zero-order chi connectivity index (χ0) is 36.2. The average molecular weight is 699 g/mol. The van der Waals surface area contributed by atoms with Crippen LogP contribution in [-0.4, -0.2) is 18.6 Å². The fraction of sp³-hybridized carbons (Fsp3) is 0.182. The maximum absolute atomic E-state index is 13.5. The number of phenolic OH excluding ortho intramolecular Hbond substituents is 1. The van der Waals surface area contributed by atoms with Crippen LogP contribution in [0.2, 0.25) is 0 Å². The lowest BCUT2D eigenvalue weighted by atomic mass is 9.87. The molecule has 7 heteroatoms. The normalized spacial score (nSPS) is 12.0. The zero-order valence-corrected chi connectivity index (χ0v) is 30.0. The van der Waals surface area contributed by atoms with Crippen LogP contribution in [0.25, 0.3) is 22.3 Å². The van der Waals surface area contributed by atoms with Crippen LogP contribution in [0.15, 0.2) is 155 Å². The van der Waals surface area contributed by atoms with E-state index in [0.29, 0.717) is 17.2 Å². The summed E-state index contributed by atoms with van der Waals surface area (Å²) >= 11 is 0. The van der Waals surface area contributed by atoms with Crippen molar-refractivity contribution in [2.75, 3.05) is 0 Å². The molecule has 6 rings (SSSR count). The van der Waals surface area contributed by atoms with Gasteiger partial charge in [-0.3, -0.25) is 0 Å². The van der Waals surface area contributed by atoms with Crippen LogP contribution >= 0.6 is 0 Å². The number of benzene rings is 6. The van der Waals surface area contributed by atoms with Gasteiger partial charge in [0, 0.05) is 0 Å². The molecule has 0 unspecified atom stereocenters. The maximum atomic E-state index is 13.5. The number of sulfone groups is 1. The molecule has 0 fully saturated rings. The van der Waals surface area contributed by atoms with E-state index in [1.807, 2.05) is 72.8 Å². The Morgan fingerprint density at radius 1 is 0.510 bits per heavy atom. The van der Waals surface area contributed by atoms with Crippen molar-refractivity contribution < 1.29 is 28.1 Å². The summed E-state index contributed by atoms with van der Waals surface area (Å²) in [7, 11) is -3.78. The Bertz CT molecular complexity index is 2160. The van der Waals surface area contributed by atoms with E-state index in [9.17, 15) is 18.6 Å². The second kappa shape index (κ2) is 14.5. The molecule has 0 amide bonds. The first-order chi connectivity index (χ1) is 24.4. The molecule has 6 aromatic rings. The molecule has 0 aliphatic rings. The van der Waals surface area contributed by atoms with E-state index < -0.39 is 21.0 Å². The Balaban J connectivity index is 1.11. The highest BCUT2D eigenvalue weighted by Crippen LogP contribution is 2.37. The molecular formula is C44H42O6S. The third-order valence-electron chi connectivity index (χ3n) is 9.35. The molecule has 6 nitrogen and oxygen atoms in total. The van der Waals surface area contributed by atoms with Crippen LogP contribution in [0.1, 0.15) is 51.7 Å². The number of ether oxygens (including phenoxy) is 2. The summed E-state index contributed by atoms with van der Waals surface area (Å²) in [4.78, 5) is 0.338. The lowest BCUT2D eigenvalue weighted by Gasteiger charge is -2.33. The fourth-order valence-electron chi connectivity index (χ4n) is 6.14. The van der Waals surface area contributed by atoms with Crippen molar-refractivity contribution in [1.29, 1.82) is 0 Å². The summed E-state index contributed by atoms with van der Waals surface area (Å²) in [5.41, 5.74) is 4.48. The molecule has 0 spiro atoms. The highest BCUT2D eigenvalue weighted by Gasteiger charge is 2.31. The molecule has 51 heavy (non-hydrogen) atoms. The van der Waals surface area contributed by atoms with Crippen LogP contribution in [-0.2, 0) is 21.0 Å². The van der Waals surface area contributed by atoms with Gasteiger partial charge in [-0.25, -0.2) is 8.42 Å². The van der Waals surface area contributed by atoms with Gasteiger partial charge in [0.2, 0.25) is 9.84 Å². The fourth-order valence-corrected chi connectivity index (χ4v) is 7.40. The molecule has 0 atom stereocenters. The third-order valence-corrected chi connectivity index (χ3v) is 11.1. The van der Waals surface area contributed by atoms with Crippen molar-refractivity contribution in [1.82, 2.24) is 0 Å². The quantitative estimate of drug-likeness (QED) is 0.132. The predicted molar refractivity (Wildman–Crippen MR) is 202 cm³/mol. The Morgan fingerprint density at radius 2 is 0.863 bits per heavy atom. The monoisotopic (exact) mass is 698 g/mol.